The van der Waals surface area contributed by atoms with Crippen LogP contribution in [0, 0.1) is 6.92 Å². The zero-order valence-electron chi connectivity index (χ0n) is 14.9. The van der Waals surface area contributed by atoms with Crippen molar-refractivity contribution in [3.8, 4) is 0 Å². The molecule has 3 aromatic heterocycles. The molecule has 4 heterocycles. The van der Waals surface area contributed by atoms with Crippen LogP contribution in [-0.2, 0) is 12.8 Å². The highest BCUT2D eigenvalue weighted by Gasteiger charge is 2.25. The van der Waals surface area contributed by atoms with E-state index in [0.29, 0.717) is 6.04 Å². The average Bonchev–Trinajstić information content (AvgIpc) is 3.23. The Morgan fingerprint density at radius 2 is 2.04 bits per heavy atom. The van der Waals surface area contributed by atoms with Crippen molar-refractivity contribution in [3.05, 3.63) is 34.7 Å². The molecule has 0 aromatic carbocycles. The van der Waals surface area contributed by atoms with Crippen molar-refractivity contribution in [3.63, 3.8) is 0 Å². The second kappa shape index (κ2) is 6.46. The summed E-state index contributed by atoms with van der Waals surface area (Å²) in [6, 6.07) is 2.21. The fourth-order valence-electron chi connectivity index (χ4n) is 4.13. The topological polar surface area (TPSA) is 66.8 Å². The van der Waals surface area contributed by atoms with E-state index in [9.17, 15) is 0 Å². The Balaban J connectivity index is 1.44. The smallest absolute Gasteiger partial charge is 0.225 e. The molecule has 1 fully saturated rings. The molecule has 7 heteroatoms. The maximum Gasteiger partial charge on any atom is 0.225 e. The molecule has 134 valence electrons. The van der Waals surface area contributed by atoms with E-state index in [4.69, 9.17) is 9.97 Å². The highest BCUT2D eigenvalue weighted by Crippen LogP contribution is 2.39. The summed E-state index contributed by atoms with van der Waals surface area (Å²) in [6.07, 6.45) is 9.50. The van der Waals surface area contributed by atoms with E-state index in [-0.39, 0.29) is 0 Å². The fourth-order valence-corrected chi connectivity index (χ4v) is 5.44. The molecule has 6 nitrogen and oxygen atoms in total. The molecule has 1 aliphatic heterocycles. The van der Waals surface area contributed by atoms with Crippen LogP contribution in [-0.4, -0.2) is 39.1 Å². The zero-order valence-corrected chi connectivity index (χ0v) is 15.7. The van der Waals surface area contributed by atoms with Crippen LogP contribution in [0.25, 0.3) is 10.2 Å². The van der Waals surface area contributed by atoms with Crippen molar-refractivity contribution >= 4 is 33.3 Å². The second-order valence-electron chi connectivity index (χ2n) is 7.14. The predicted octanol–water partition coefficient (Wildman–Crippen LogP) is 3.36. The molecule has 2 aliphatic rings. The summed E-state index contributed by atoms with van der Waals surface area (Å²) >= 11 is 1.85. The Morgan fingerprint density at radius 3 is 2.92 bits per heavy atom. The Morgan fingerprint density at radius 1 is 1.15 bits per heavy atom. The van der Waals surface area contributed by atoms with Crippen molar-refractivity contribution in [1.82, 2.24) is 19.9 Å². The van der Waals surface area contributed by atoms with E-state index >= 15 is 0 Å². The van der Waals surface area contributed by atoms with Crippen LogP contribution in [0.15, 0.2) is 18.5 Å². The van der Waals surface area contributed by atoms with Crippen molar-refractivity contribution in [2.45, 2.75) is 45.1 Å². The lowest BCUT2D eigenvalue weighted by Gasteiger charge is -2.33. The number of nitrogens with zero attached hydrogens (tertiary/aromatic N) is 5. The average molecular weight is 366 g/mol. The zero-order chi connectivity index (χ0) is 17.5. The Kier molecular flexibility index (Phi) is 3.96. The minimum atomic E-state index is 0.349. The number of aryl methyl sites for hydroxylation is 3. The van der Waals surface area contributed by atoms with Crippen LogP contribution in [0.1, 0.15) is 35.5 Å². The largest absolute Gasteiger partial charge is 0.365 e. The standard InChI is InChI=1S/C19H22N6S/c1-12-22-17(16-14-6-2-7-15(14)26-18(16)23-12)24-13-5-3-10-25(11-13)19-20-8-4-9-21-19/h4,8-9,13H,2-3,5-7,10-11H2,1H3,(H,22,23,24). The first-order chi connectivity index (χ1) is 12.8. The van der Waals surface area contributed by atoms with E-state index in [1.165, 1.54) is 28.7 Å². The lowest BCUT2D eigenvalue weighted by molar-refractivity contribution is 0.522. The van der Waals surface area contributed by atoms with Crippen LogP contribution in [0.4, 0.5) is 11.8 Å². The number of hydrogen-bond donors (Lipinski definition) is 1. The number of aromatic nitrogens is 4. The molecule has 0 spiro atoms. The molecule has 1 unspecified atom stereocenters. The summed E-state index contributed by atoms with van der Waals surface area (Å²) in [4.78, 5) is 23.2. The van der Waals surface area contributed by atoms with Gasteiger partial charge < -0.3 is 10.2 Å². The number of nitrogens with one attached hydrogen (secondary N) is 1. The number of rotatable bonds is 3. The summed E-state index contributed by atoms with van der Waals surface area (Å²) in [5.74, 6) is 2.69. The van der Waals surface area contributed by atoms with Gasteiger partial charge in [-0.2, -0.15) is 0 Å². The summed E-state index contributed by atoms with van der Waals surface area (Å²) in [7, 11) is 0. The molecule has 0 bridgehead atoms. The van der Waals surface area contributed by atoms with Gasteiger partial charge in [0.25, 0.3) is 0 Å². The third-order valence-corrected chi connectivity index (χ3v) is 6.46. The number of hydrogen-bond acceptors (Lipinski definition) is 7. The van der Waals surface area contributed by atoms with Crippen molar-refractivity contribution < 1.29 is 0 Å². The van der Waals surface area contributed by atoms with E-state index < -0.39 is 0 Å². The molecule has 5 rings (SSSR count). The van der Waals surface area contributed by atoms with E-state index in [1.807, 2.05) is 36.7 Å². The van der Waals surface area contributed by atoms with Crippen molar-refractivity contribution in [2.24, 2.45) is 0 Å². The van der Waals surface area contributed by atoms with Crippen molar-refractivity contribution in [2.75, 3.05) is 23.3 Å². The van der Waals surface area contributed by atoms with E-state index in [2.05, 4.69) is 20.2 Å². The van der Waals surface area contributed by atoms with Gasteiger partial charge in [-0.3, -0.25) is 0 Å². The minimum absolute atomic E-state index is 0.349. The summed E-state index contributed by atoms with van der Waals surface area (Å²) in [5, 5.41) is 5.00. The summed E-state index contributed by atoms with van der Waals surface area (Å²) in [5.41, 5.74) is 1.48. The first-order valence-corrected chi connectivity index (χ1v) is 10.2. The highest BCUT2D eigenvalue weighted by atomic mass is 32.1. The Bertz CT molecular complexity index is 938. The molecular weight excluding hydrogens is 344 g/mol. The quantitative estimate of drug-likeness (QED) is 0.767. The maximum atomic E-state index is 4.78. The monoisotopic (exact) mass is 366 g/mol. The highest BCUT2D eigenvalue weighted by molar-refractivity contribution is 7.19. The number of thiophene rings is 1. The van der Waals surface area contributed by atoms with Gasteiger partial charge in [-0.1, -0.05) is 0 Å². The molecule has 0 radical (unpaired) electrons. The van der Waals surface area contributed by atoms with Crippen LogP contribution in [0.2, 0.25) is 0 Å². The first kappa shape index (κ1) is 15.9. The van der Waals surface area contributed by atoms with Gasteiger partial charge in [0.15, 0.2) is 0 Å². The molecule has 0 amide bonds. The van der Waals surface area contributed by atoms with Gasteiger partial charge in [0, 0.05) is 36.4 Å². The van der Waals surface area contributed by atoms with Gasteiger partial charge in [-0.25, -0.2) is 19.9 Å². The third-order valence-electron chi connectivity index (χ3n) is 5.27. The van der Waals surface area contributed by atoms with Crippen LogP contribution < -0.4 is 10.2 Å². The van der Waals surface area contributed by atoms with Gasteiger partial charge in [0.05, 0.1) is 5.39 Å². The lowest BCUT2D eigenvalue weighted by atomic mass is 10.1. The minimum Gasteiger partial charge on any atom is -0.365 e. The molecule has 1 saturated heterocycles. The summed E-state index contributed by atoms with van der Waals surface area (Å²) in [6.45, 7) is 3.90. The number of anilines is 2. The van der Waals surface area contributed by atoms with Crippen LogP contribution in [0.3, 0.4) is 0 Å². The van der Waals surface area contributed by atoms with E-state index in [0.717, 1.165) is 54.8 Å². The van der Waals surface area contributed by atoms with Gasteiger partial charge in [-0.15, -0.1) is 11.3 Å². The molecule has 1 N–H and O–H groups in total. The Hall–Kier alpha value is -2.28. The van der Waals surface area contributed by atoms with Gasteiger partial charge in [0.2, 0.25) is 5.95 Å². The van der Waals surface area contributed by atoms with Crippen LogP contribution in [0.5, 0.6) is 0 Å². The Labute approximate surface area is 156 Å². The third kappa shape index (κ3) is 2.80. The first-order valence-electron chi connectivity index (χ1n) is 9.35. The number of fused-ring (bicyclic) bond motifs is 3. The summed E-state index contributed by atoms with van der Waals surface area (Å²) < 4.78 is 0. The van der Waals surface area contributed by atoms with Gasteiger partial charge >= 0.3 is 0 Å². The fraction of sp³-hybridized carbons (Fsp3) is 0.474. The SMILES string of the molecule is Cc1nc(NC2CCCN(c3ncccn3)C2)c2c3c(sc2n1)CCC3. The molecule has 0 saturated carbocycles. The lowest BCUT2D eigenvalue weighted by Crippen LogP contribution is -2.43. The molecule has 1 atom stereocenters. The predicted molar refractivity (Wildman–Crippen MR) is 105 cm³/mol. The van der Waals surface area contributed by atoms with Crippen LogP contribution >= 0.6 is 11.3 Å². The molecule has 1 aliphatic carbocycles. The van der Waals surface area contributed by atoms with Gasteiger partial charge in [-0.05, 0) is 50.7 Å². The van der Waals surface area contributed by atoms with E-state index in [1.54, 1.807) is 0 Å². The molecular formula is C19H22N6S. The second-order valence-corrected chi connectivity index (χ2v) is 8.22. The molecule has 26 heavy (non-hydrogen) atoms. The number of piperidine rings is 1. The molecule has 3 aromatic rings. The van der Waals surface area contributed by atoms with Gasteiger partial charge in [0.1, 0.15) is 16.5 Å². The maximum absolute atomic E-state index is 4.78. The normalized spacial score (nSPS) is 19.7. The van der Waals surface area contributed by atoms with Crippen molar-refractivity contribution in [1.29, 1.82) is 0 Å².